The van der Waals surface area contributed by atoms with Gasteiger partial charge in [-0.2, -0.15) is 0 Å². The third kappa shape index (κ3) is 3.38. The number of carboxylic acids is 1. The summed E-state index contributed by atoms with van der Waals surface area (Å²) in [6, 6.07) is 0.972. The zero-order chi connectivity index (χ0) is 13.2. The van der Waals surface area contributed by atoms with E-state index in [-0.39, 0.29) is 22.3 Å². The molecular formula is C10H12Cl2N2O3. The van der Waals surface area contributed by atoms with Crippen LogP contribution in [0.2, 0.25) is 10.2 Å². The van der Waals surface area contributed by atoms with Gasteiger partial charge in [-0.3, -0.25) is 9.59 Å². The molecule has 1 aromatic heterocycles. The minimum absolute atomic E-state index is 0.141. The Morgan fingerprint density at radius 2 is 2.12 bits per heavy atom. The van der Waals surface area contributed by atoms with Crippen LogP contribution in [0.25, 0.3) is 0 Å². The third-order valence-corrected chi connectivity index (χ3v) is 3.05. The average molecular weight is 279 g/mol. The highest BCUT2D eigenvalue weighted by molar-refractivity contribution is 6.41. The fourth-order valence-electron chi connectivity index (χ4n) is 1.37. The van der Waals surface area contributed by atoms with Crippen molar-refractivity contribution < 1.29 is 14.7 Å². The van der Waals surface area contributed by atoms with E-state index < -0.39 is 17.9 Å². The predicted molar refractivity (Wildman–Crippen MR) is 64.6 cm³/mol. The summed E-state index contributed by atoms with van der Waals surface area (Å²) in [7, 11) is 1.60. The van der Waals surface area contributed by atoms with Crippen molar-refractivity contribution in [3.63, 3.8) is 0 Å². The van der Waals surface area contributed by atoms with Crippen LogP contribution in [0.1, 0.15) is 23.8 Å². The lowest BCUT2D eigenvalue weighted by atomic mass is 10.2. The molecule has 5 nitrogen and oxygen atoms in total. The Balaban J connectivity index is 2.76. The monoisotopic (exact) mass is 278 g/mol. The molecule has 7 heteroatoms. The smallest absolute Gasteiger partial charge is 0.305 e. The first-order valence-corrected chi connectivity index (χ1v) is 5.62. The Morgan fingerprint density at radius 1 is 1.53 bits per heavy atom. The zero-order valence-electron chi connectivity index (χ0n) is 9.33. The van der Waals surface area contributed by atoms with E-state index >= 15 is 0 Å². The largest absolute Gasteiger partial charge is 0.481 e. The molecule has 1 rings (SSSR count). The Kier molecular flexibility index (Phi) is 4.42. The van der Waals surface area contributed by atoms with Gasteiger partial charge in [-0.1, -0.05) is 23.2 Å². The van der Waals surface area contributed by atoms with E-state index in [1.807, 2.05) is 0 Å². The second kappa shape index (κ2) is 5.42. The van der Waals surface area contributed by atoms with Crippen molar-refractivity contribution in [3.05, 3.63) is 21.9 Å². The van der Waals surface area contributed by atoms with Gasteiger partial charge in [0.2, 0.25) is 0 Å². The van der Waals surface area contributed by atoms with Gasteiger partial charge >= 0.3 is 5.97 Å². The van der Waals surface area contributed by atoms with Gasteiger partial charge in [0, 0.05) is 13.1 Å². The van der Waals surface area contributed by atoms with Crippen molar-refractivity contribution in [1.82, 2.24) is 9.88 Å². The summed E-state index contributed by atoms with van der Waals surface area (Å²) < 4.78 is 1.44. The second-order valence-electron chi connectivity index (χ2n) is 3.70. The van der Waals surface area contributed by atoms with E-state index in [9.17, 15) is 9.59 Å². The van der Waals surface area contributed by atoms with Crippen molar-refractivity contribution in [3.8, 4) is 0 Å². The topological polar surface area (TPSA) is 71.3 Å². The summed E-state index contributed by atoms with van der Waals surface area (Å²) in [6.07, 6.45) is -0.141. The van der Waals surface area contributed by atoms with Crippen LogP contribution < -0.4 is 5.32 Å². The van der Waals surface area contributed by atoms with Gasteiger partial charge in [-0.05, 0) is 13.0 Å². The summed E-state index contributed by atoms with van der Waals surface area (Å²) in [4.78, 5) is 22.2. The molecule has 1 amide bonds. The van der Waals surface area contributed by atoms with Crippen LogP contribution in [0.15, 0.2) is 6.07 Å². The maximum Gasteiger partial charge on any atom is 0.305 e. The average Bonchev–Trinajstić information content (AvgIpc) is 2.44. The number of aromatic nitrogens is 1. The molecule has 0 aliphatic rings. The third-order valence-electron chi connectivity index (χ3n) is 2.21. The van der Waals surface area contributed by atoms with Crippen molar-refractivity contribution in [2.24, 2.45) is 7.05 Å². The number of aliphatic carboxylic acids is 1. The number of carbonyl (C=O) groups is 2. The highest BCUT2D eigenvalue weighted by Gasteiger charge is 2.18. The first-order chi connectivity index (χ1) is 7.82. The lowest BCUT2D eigenvalue weighted by molar-refractivity contribution is -0.137. The van der Waals surface area contributed by atoms with Crippen molar-refractivity contribution >= 4 is 35.1 Å². The van der Waals surface area contributed by atoms with Gasteiger partial charge in [0.25, 0.3) is 5.91 Å². The number of halogens is 2. The van der Waals surface area contributed by atoms with E-state index in [4.69, 9.17) is 28.3 Å². The molecule has 94 valence electrons. The van der Waals surface area contributed by atoms with Crippen LogP contribution in [0.5, 0.6) is 0 Å². The summed E-state index contributed by atoms with van der Waals surface area (Å²) in [5.74, 6) is -1.38. The number of hydrogen-bond donors (Lipinski definition) is 2. The lowest BCUT2D eigenvalue weighted by Gasteiger charge is -2.11. The van der Waals surface area contributed by atoms with Gasteiger partial charge in [0.1, 0.15) is 10.8 Å². The maximum absolute atomic E-state index is 11.8. The fourth-order valence-corrected chi connectivity index (χ4v) is 1.75. The molecule has 0 unspecified atom stereocenters. The normalized spacial score (nSPS) is 12.2. The molecule has 1 aromatic rings. The Hall–Kier alpha value is -1.20. The number of amides is 1. The van der Waals surface area contributed by atoms with Crippen LogP contribution in [0, 0.1) is 0 Å². The van der Waals surface area contributed by atoms with Crippen LogP contribution in [0.4, 0.5) is 0 Å². The highest BCUT2D eigenvalue weighted by atomic mass is 35.5. The van der Waals surface area contributed by atoms with E-state index in [0.717, 1.165) is 0 Å². The molecule has 0 aromatic carbocycles. The molecule has 0 fully saturated rings. The van der Waals surface area contributed by atoms with Gasteiger partial charge < -0.3 is 15.0 Å². The number of carbonyl (C=O) groups excluding carboxylic acids is 1. The van der Waals surface area contributed by atoms with Crippen molar-refractivity contribution in [2.75, 3.05) is 0 Å². The maximum atomic E-state index is 11.8. The van der Waals surface area contributed by atoms with Crippen LogP contribution in [-0.4, -0.2) is 27.6 Å². The molecule has 0 spiro atoms. The number of carboxylic acid groups (broad SMARTS) is 1. The molecule has 1 heterocycles. The predicted octanol–water partition coefficient (Wildman–Crippen LogP) is 1.92. The van der Waals surface area contributed by atoms with Crippen molar-refractivity contribution in [2.45, 2.75) is 19.4 Å². The van der Waals surface area contributed by atoms with Crippen molar-refractivity contribution in [1.29, 1.82) is 0 Å². The Morgan fingerprint density at radius 3 is 2.53 bits per heavy atom. The standard InChI is InChI=1S/C10H12Cl2N2O3/c1-5(3-8(15)16)13-10(17)7-4-6(11)9(12)14(7)2/h4-5H,3H2,1-2H3,(H,13,17)(H,15,16)/t5-/m1/s1. The molecule has 0 aliphatic carbocycles. The quantitative estimate of drug-likeness (QED) is 0.884. The molecule has 0 saturated carbocycles. The van der Waals surface area contributed by atoms with E-state index in [1.165, 1.54) is 10.6 Å². The minimum atomic E-state index is -0.972. The van der Waals surface area contributed by atoms with Crippen LogP contribution in [0.3, 0.4) is 0 Å². The van der Waals surface area contributed by atoms with E-state index in [2.05, 4.69) is 5.32 Å². The molecule has 0 aliphatic heterocycles. The number of nitrogens with one attached hydrogen (secondary N) is 1. The summed E-state index contributed by atoms with van der Waals surface area (Å²) in [6.45, 7) is 1.61. The zero-order valence-corrected chi connectivity index (χ0v) is 10.8. The number of rotatable bonds is 4. The molecule has 0 bridgehead atoms. The van der Waals surface area contributed by atoms with E-state index in [1.54, 1.807) is 14.0 Å². The molecular weight excluding hydrogens is 267 g/mol. The van der Waals surface area contributed by atoms with E-state index in [0.29, 0.717) is 0 Å². The minimum Gasteiger partial charge on any atom is -0.481 e. The van der Waals surface area contributed by atoms with Gasteiger partial charge in [-0.15, -0.1) is 0 Å². The first kappa shape index (κ1) is 13.9. The molecule has 2 N–H and O–H groups in total. The van der Waals surface area contributed by atoms with Crippen LogP contribution in [-0.2, 0) is 11.8 Å². The molecule has 0 radical (unpaired) electrons. The second-order valence-corrected chi connectivity index (χ2v) is 4.46. The Labute approximate surface area is 108 Å². The highest BCUT2D eigenvalue weighted by Crippen LogP contribution is 2.25. The summed E-state index contributed by atoms with van der Waals surface area (Å²) in [5.41, 5.74) is 0.289. The summed E-state index contributed by atoms with van der Waals surface area (Å²) in [5, 5.41) is 11.7. The first-order valence-electron chi connectivity index (χ1n) is 4.86. The van der Waals surface area contributed by atoms with Gasteiger partial charge in [0.15, 0.2) is 0 Å². The lowest BCUT2D eigenvalue weighted by Crippen LogP contribution is -2.35. The van der Waals surface area contributed by atoms with Crippen LogP contribution >= 0.6 is 23.2 Å². The SMILES string of the molecule is C[C@H](CC(=O)O)NC(=O)c1cc(Cl)c(Cl)n1C. The Bertz CT molecular complexity index is 457. The molecule has 1 atom stereocenters. The number of nitrogens with zero attached hydrogens (tertiary/aromatic N) is 1. The molecule has 17 heavy (non-hydrogen) atoms. The van der Waals surface area contributed by atoms with Gasteiger partial charge in [0.05, 0.1) is 11.4 Å². The molecule has 0 saturated heterocycles. The fraction of sp³-hybridized carbons (Fsp3) is 0.400. The summed E-state index contributed by atoms with van der Waals surface area (Å²) >= 11 is 11.6. The number of hydrogen-bond acceptors (Lipinski definition) is 2. The van der Waals surface area contributed by atoms with Gasteiger partial charge in [-0.25, -0.2) is 0 Å².